The Morgan fingerprint density at radius 3 is 2.79 bits per heavy atom. The molecule has 0 spiro atoms. The fraction of sp³-hybridized carbons (Fsp3) is 0.550. The number of ether oxygens (including phenoxy) is 2. The number of fused-ring (bicyclic) bond motifs is 4. The molecule has 0 aromatic heterocycles. The number of benzene rings is 1. The lowest BCUT2D eigenvalue weighted by atomic mass is 9.78. The predicted molar refractivity (Wildman–Crippen MR) is 93.7 cm³/mol. The Bertz CT molecular complexity index is 663. The Kier molecular flexibility index (Phi) is 4.57. The van der Waals surface area contributed by atoms with Gasteiger partial charge in [-0.2, -0.15) is 0 Å². The highest BCUT2D eigenvalue weighted by Crippen LogP contribution is 2.47. The average Bonchev–Trinajstić information content (AvgIpc) is 2.54. The molecule has 2 heterocycles. The zero-order valence-corrected chi connectivity index (χ0v) is 15.0. The minimum atomic E-state index is -0.470. The van der Waals surface area contributed by atoms with Crippen LogP contribution in [0.5, 0.6) is 5.75 Å². The van der Waals surface area contributed by atoms with Crippen LogP contribution in [0.2, 0.25) is 0 Å². The second-order valence-electron chi connectivity index (χ2n) is 7.07. The molecule has 0 saturated heterocycles. The number of nitrogens with one attached hydrogen (secondary N) is 1. The van der Waals surface area contributed by atoms with Gasteiger partial charge in [-0.05, 0) is 25.8 Å². The number of rotatable bonds is 5. The fourth-order valence-corrected chi connectivity index (χ4v) is 3.80. The van der Waals surface area contributed by atoms with Crippen LogP contribution in [-0.2, 0) is 9.53 Å². The molecular formula is C20H27NO3. The maximum absolute atomic E-state index is 12.8. The Hall–Kier alpha value is -1.97. The van der Waals surface area contributed by atoms with Crippen molar-refractivity contribution in [2.75, 3.05) is 6.61 Å². The van der Waals surface area contributed by atoms with E-state index in [0.29, 0.717) is 12.5 Å². The van der Waals surface area contributed by atoms with Gasteiger partial charge in [-0.1, -0.05) is 44.9 Å². The second kappa shape index (κ2) is 6.50. The maximum atomic E-state index is 12.8. The number of allylic oxidation sites excluding steroid dienone is 1. The Labute approximate surface area is 144 Å². The molecule has 0 unspecified atom stereocenters. The summed E-state index contributed by atoms with van der Waals surface area (Å²) < 4.78 is 11.8. The average molecular weight is 329 g/mol. The molecule has 4 heteroatoms. The van der Waals surface area contributed by atoms with Crippen molar-refractivity contribution < 1.29 is 14.3 Å². The molecule has 0 aliphatic carbocycles. The van der Waals surface area contributed by atoms with Gasteiger partial charge in [0.2, 0.25) is 0 Å². The molecule has 0 amide bonds. The highest BCUT2D eigenvalue weighted by atomic mass is 16.5. The zero-order valence-electron chi connectivity index (χ0n) is 15.0. The zero-order chi connectivity index (χ0) is 17.3. The molecule has 4 nitrogen and oxygen atoms in total. The smallest absolute Gasteiger partial charge is 0.336 e. The van der Waals surface area contributed by atoms with Gasteiger partial charge in [-0.15, -0.1) is 0 Å². The van der Waals surface area contributed by atoms with Gasteiger partial charge in [0.1, 0.15) is 5.75 Å². The van der Waals surface area contributed by atoms with E-state index in [1.807, 2.05) is 38.1 Å². The van der Waals surface area contributed by atoms with Crippen molar-refractivity contribution in [1.29, 1.82) is 0 Å². The molecule has 0 radical (unpaired) electrons. The third kappa shape index (κ3) is 3.02. The number of hydrogen-bond acceptors (Lipinski definition) is 4. The third-order valence-corrected chi connectivity index (χ3v) is 5.25. The van der Waals surface area contributed by atoms with Crippen LogP contribution in [0.3, 0.4) is 0 Å². The summed E-state index contributed by atoms with van der Waals surface area (Å²) in [5, 5.41) is 3.37. The number of esters is 1. The van der Waals surface area contributed by atoms with Crippen LogP contribution in [0.1, 0.15) is 58.4 Å². The topological polar surface area (TPSA) is 47.6 Å². The largest absolute Gasteiger partial charge is 0.468 e. The van der Waals surface area contributed by atoms with Crippen LogP contribution < -0.4 is 10.1 Å². The van der Waals surface area contributed by atoms with E-state index in [0.717, 1.165) is 41.8 Å². The lowest BCUT2D eigenvalue weighted by Gasteiger charge is -2.45. The highest BCUT2D eigenvalue weighted by molar-refractivity contribution is 5.91. The van der Waals surface area contributed by atoms with Gasteiger partial charge in [0, 0.05) is 23.6 Å². The first-order chi connectivity index (χ1) is 11.5. The fourth-order valence-electron chi connectivity index (χ4n) is 3.80. The van der Waals surface area contributed by atoms with Gasteiger partial charge in [0.25, 0.3) is 0 Å². The molecule has 1 N–H and O–H groups in total. The molecule has 2 atom stereocenters. The standard InChI is InChI=1S/C20H27NO3/c1-5-14(6-2)12-23-19(22)18-13(3)21-20(4)11-16(18)15-9-7-8-10-17(15)24-20/h7-10,14,16,21H,5-6,11-12H2,1-4H3/t16-,20-/m1/s1. The first-order valence-electron chi connectivity index (χ1n) is 8.91. The van der Waals surface area contributed by atoms with Crippen LogP contribution in [0.15, 0.2) is 35.5 Å². The molecule has 2 aliphatic rings. The van der Waals surface area contributed by atoms with Crippen LogP contribution in [-0.4, -0.2) is 18.3 Å². The Morgan fingerprint density at radius 2 is 2.08 bits per heavy atom. The van der Waals surface area contributed by atoms with Crippen LogP contribution in [0.25, 0.3) is 0 Å². The van der Waals surface area contributed by atoms with Gasteiger partial charge in [0.05, 0.1) is 12.2 Å². The summed E-state index contributed by atoms with van der Waals surface area (Å²) in [6.45, 7) is 8.73. The molecule has 0 fully saturated rings. The van der Waals surface area contributed by atoms with Crippen LogP contribution in [0.4, 0.5) is 0 Å². The minimum absolute atomic E-state index is 0.0235. The quantitative estimate of drug-likeness (QED) is 0.825. The van der Waals surface area contributed by atoms with Crippen molar-refractivity contribution in [2.45, 2.75) is 58.6 Å². The summed E-state index contributed by atoms with van der Waals surface area (Å²) in [5.41, 5.74) is 2.21. The van der Waals surface area contributed by atoms with Gasteiger partial charge in [-0.25, -0.2) is 4.79 Å². The van der Waals surface area contributed by atoms with E-state index in [4.69, 9.17) is 9.47 Å². The van der Waals surface area contributed by atoms with Gasteiger partial charge >= 0.3 is 5.97 Å². The number of carbonyl (C=O) groups excluding carboxylic acids is 1. The number of carbonyl (C=O) groups is 1. The molecule has 130 valence electrons. The summed E-state index contributed by atoms with van der Waals surface area (Å²) >= 11 is 0. The Balaban J connectivity index is 1.88. The van der Waals surface area contributed by atoms with E-state index < -0.39 is 5.72 Å². The lowest BCUT2D eigenvalue weighted by Crippen LogP contribution is -2.54. The van der Waals surface area contributed by atoms with Crippen molar-refractivity contribution in [3.8, 4) is 5.75 Å². The molecule has 2 aliphatic heterocycles. The van der Waals surface area contributed by atoms with E-state index in [-0.39, 0.29) is 11.9 Å². The summed E-state index contributed by atoms with van der Waals surface area (Å²) in [6.07, 6.45) is 2.78. The molecule has 1 aromatic carbocycles. The van der Waals surface area contributed by atoms with Crippen molar-refractivity contribution in [1.82, 2.24) is 5.32 Å². The molecule has 3 rings (SSSR count). The first-order valence-corrected chi connectivity index (χ1v) is 8.91. The highest BCUT2D eigenvalue weighted by Gasteiger charge is 2.45. The molecule has 0 saturated carbocycles. The molecular weight excluding hydrogens is 302 g/mol. The van der Waals surface area contributed by atoms with E-state index in [9.17, 15) is 4.79 Å². The Morgan fingerprint density at radius 1 is 1.38 bits per heavy atom. The van der Waals surface area contributed by atoms with Gasteiger partial charge < -0.3 is 14.8 Å². The van der Waals surface area contributed by atoms with Crippen molar-refractivity contribution in [3.63, 3.8) is 0 Å². The summed E-state index contributed by atoms with van der Waals surface area (Å²) in [6, 6.07) is 7.97. The van der Waals surface area contributed by atoms with Crippen LogP contribution in [0, 0.1) is 5.92 Å². The molecule has 1 aromatic rings. The number of hydrogen-bond donors (Lipinski definition) is 1. The molecule has 24 heavy (non-hydrogen) atoms. The third-order valence-electron chi connectivity index (χ3n) is 5.25. The van der Waals surface area contributed by atoms with Gasteiger partial charge in [-0.3, -0.25) is 0 Å². The van der Waals surface area contributed by atoms with Crippen molar-refractivity contribution >= 4 is 5.97 Å². The minimum Gasteiger partial charge on any atom is -0.468 e. The van der Waals surface area contributed by atoms with Crippen LogP contribution >= 0.6 is 0 Å². The summed E-state index contributed by atoms with van der Waals surface area (Å²) in [4.78, 5) is 12.8. The monoisotopic (exact) mass is 329 g/mol. The lowest BCUT2D eigenvalue weighted by molar-refractivity contribution is -0.141. The molecule has 2 bridgehead atoms. The van der Waals surface area contributed by atoms with E-state index in [1.54, 1.807) is 0 Å². The van der Waals surface area contributed by atoms with Crippen molar-refractivity contribution in [3.05, 3.63) is 41.1 Å². The summed E-state index contributed by atoms with van der Waals surface area (Å²) in [7, 11) is 0. The van der Waals surface area contributed by atoms with E-state index >= 15 is 0 Å². The van der Waals surface area contributed by atoms with Gasteiger partial charge in [0.15, 0.2) is 5.72 Å². The normalized spacial score (nSPS) is 25.0. The SMILES string of the molecule is CCC(CC)COC(=O)C1=C(C)N[C@@]2(C)C[C@@H]1c1ccccc1O2. The number of para-hydroxylation sites is 1. The van der Waals surface area contributed by atoms with Crippen molar-refractivity contribution in [2.24, 2.45) is 5.92 Å². The first kappa shape index (κ1) is 16.9. The van der Waals surface area contributed by atoms with E-state index in [1.165, 1.54) is 0 Å². The summed E-state index contributed by atoms with van der Waals surface area (Å²) in [5.74, 6) is 1.10. The van der Waals surface area contributed by atoms with E-state index in [2.05, 4.69) is 19.2 Å². The predicted octanol–water partition coefficient (Wildman–Crippen LogP) is 4.13. The second-order valence-corrected chi connectivity index (χ2v) is 7.07. The maximum Gasteiger partial charge on any atom is 0.336 e.